The minimum atomic E-state index is -1.12. The largest absolute Gasteiger partial charge is 0.393 e. The van der Waals surface area contributed by atoms with Gasteiger partial charge in [0.25, 0.3) is 0 Å². The molecule has 0 bridgehead atoms. The molecule has 0 spiro atoms. The van der Waals surface area contributed by atoms with E-state index in [4.69, 9.17) is 0 Å². The first kappa shape index (κ1) is 16.8. The lowest BCUT2D eigenvalue weighted by molar-refractivity contribution is -0.128. The van der Waals surface area contributed by atoms with Crippen molar-refractivity contribution in [2.24, 2.45) is 5.92 Å². The lowest BCUT2D eigenvalue weighted by Gasteiger charge is -2.27. The van der Waals surface area contributed by atoms with Gasteiger partial charge in [0.15, 0.2) is 11.6 Å². The van der Waals surface area contributed by atoms with Gasteiger partial charge in [0.05, 0.1) is 18.2 Å². The van der Waals surface area contributed by atoms with Crippen LogP contribution < -0.4 is 5.32 Å². The number of aliphatic hydroxyl groups excluding tert-OH is 2. The molecule has 1 amide bonds. The van der Waals surface area contributed by atoms with Crippen LogP contribution in [0.1, 0.15) is 44.3 Å². The molecule has 2 unspecified atom stereocenters. The average Bonchev–Trinajstić information content (AvgIpc) is 2.49. The van der Waals surface area contributed by atoms with E-state index in [-0.39, 0.29) is 23.5 Å². The summed E-state index contributed by atoms with van der Waals surface area (Å²) in [6.45, 7) is 1.61. The van der Waals surface area contributed by atoms with Gasteiger partial charge >= 0.3 is 0 Å². The average molecular weight is 313 g/mol. The van der Waals surface area contributed by atoms with Gasteiger partial charge < -0.3 is 15.5 Å². The van der Waals surface area contributed by atoms with Gasteiger partial charge in [0.2, 0.25) is 5.91 Å². The van der Waals surface area contributed by atoms with Crippen molar-refractivity contribution in [3.63, 3.8) is 0 Å². The molecule has 122 valence electrons. The molecule has 0 aliphatic heterocycles. The van der Waals surface area contributed by atoms with Crippen LogP contribution in [0.15, 0.2) is 18.2 Å². The molecule has 1 aliphatic carbocycles. The van der Waals surface area contributed by atoms with E-state index >= 15 is 0 Å². The predicted octanol–water partition coefficient (Wildman–Crippen LogP) is 2.05. The number of nitrogens with one attached hydrogen (secondary N) is 1. The second-order valence-electron chi connectivity index (χ2n) is 5.92. The Morgan fingerprint density at radius 2 is 1.86 bits per heavy atom. The second kappa shape index (κ2) is 7.15. The highest BCUT2D eigenvalue weighted by Crippen LogP contribution is 2.25. The Bertz CT molecular complexity index is 530. The maximum absolute atomic E-state index is 13.2. The first-order valence-corrected chi connectivity index (χ1v) is 7.50. The van der Waals surface area contributed by atoms with Crippen molar-refractivity contribution in [3.8, 4) is 0 Å². The first-order chi connectivity index (χ1) is 10.4. The molecule has 22 heavy (non-hydrogen) atoms. The number of hydrogen-bond donors (Lipinski definition) is 3. The molecular formula is C16H21F2NO3. The topological polar surface area (TPSA) is 69.6 Å². The summed E-state index contributed by atoms with van der Waals surface area (Å²) in [6, 6.07) is 2.55. The van der Waals surface area contributed by atoms with E-state index in [1.807, 2.05) is 0 Å². The van der Waals surface area contributed by atoms with Crippen molar-refractivity contribution in [3.05, 3.63) is 35.4 Å². The van der Waals surface area contributed by atoms with Crippen LogP contribution in [0.25, 0.3) is 0 Å². The smallest absolute Gasteiger partial charge is 0.223 e. The third-order valence-corrected chi connectivity index (χ3v) is 4.20. The van der Waals surface area contributed by atoms with E-state index in [2.05, 4.69) is 5.32 Å². The molecule has 0 aromatic heterocycles. The van der Waals surface area contributed by atoms with Crippen molar-refractivity contribution >= 4 is 5.91 Å². The monoisotopic (exact) mass is 313 g/mol. The lowest BCUT2D eigenvalue weighted by atomic mass is 9.86. The Kier molecular flexibility index (Phi) is 5.47. The van der Waals surface area contributed by atoms with Crippen LogP contribution in [0.4, 0.5) is 8.78 Å². The summed E-state index contributed by atoms with van der Waals surface area (Å²) < 4.78 is 26.1. The summed E-state index contributed by atoms with van der Waals surface area (Å²) in [5.74, 6) is -2.37. The van der Waals surface area contributed by atoms with Gasteiger partial charge in [-0.1, -0.05) is 6.07 Å². The van der Waals surface area contributed by atoms with Gasteiger partial charge in [-0.05, 0) is 50.3 Å². The van der Waals surface area contributed by atoms with Gasteiger partial charge in [-0.2, -0.15) is 0 Å². The molecule has 2 atom stereocenters. The summed E-state index contributed by atoms with van der Waals surface area (Å²) >= 11 is 0. The molecular weight excluding hydrogens is 292 g/mol. The van der Waals surface area contributed by atoms with E-state index in [0.717, 1.165) is 12.1 Å². The number of hydrogen-bond acceptors (Lipinski definition) is 3. The number of aliphatic hydroxyl groups is 2. The normalized spacial score (nSPS) is 24.6. The van der Waals surface area contributed by atoms with Gasteiger partial charge in [-0.25, -0.2) is 8.78 Å². The molecule has 1 saturated carbocycles. The number of carbonyl (C=O) groups excluding carboxylic acids is 1. The van der Waals surface area contributed by atoms with Crippen molar-refractivity contribution in [2.45, 2.75) is 50.9 Å². The number of halogens is 2. The Balaban J connectivity index is 1.94. The number of rotatable bonds is 4. The summed E-state index contributed by atoms with van der Waals surface area (Å²) in [7, 11) is 0. The van der Waals surface area contributed by atoms with E-state index in [9.17, 15) is 23.8 Å². The molecule has 3 N–H and O–H groups in total. The standard InChI is InChI=1S/C16H21F2NO3/c1-9(15(21)11-4-7-13(17)14(18)8-11)19-16(22)10-2-5-12(20)6-3-10/h4,7-10,12,15,20-21H,2-3,5-6H2,1H3,(H,19,22). The second-order valence-corrected chi connectivity index (χ2v) is 5.92. The molecule has 1 aromatic carbocycles. The van der Waals surface area contributed by atoms with Gasteiger partial charge in [-0.3, -0.25) is 4.79 Å². The van der Waals surface area contributed by atoms with E-state index < -0.39 is 23.8 Å². The highest BCUT2D eigenvalue weighted by molar-refractivity contribution is 5.79. The molecule has 1 fully saturated rings. The highest BCUT2D eigenvalue weighted by atomic mass is 19.2. The van der Waals surface area contributed by atoms with Crippen molar-refractivity contribution in [1.29, 1.82) is 0 Å². The van der Waals surface area contributed by atoms with E-state index in [1.165, 1.54) is 6.07 Å². The summed E-state index contributed by atoms with van der Waals surface area (Å²) in [6.07, 6.45) is 0.959. The summed E-state index contributed by atoms with van der Waals surface area (Å²) in [5.41, 5.74) is 0.214. The van der Waals surface area contributed by atoms with Crippen molar-refractivity contribution in [1.82, 2.24) is 5.32 Å². The fourth-order valence-corrected chi connectivity index (χ4v) is 2.74. The minimum Gasteiger partial charge on any atom is -0.393 e. The Labute approximate surface area is 128 Å². The molecule has 1 aliphatic rings. The molecule has 0 saturated heterocycles. The molecule has 4 nitrogen and oxygen atoms in total. The molecule has 6 heteroatoms. The molecule has 2 rings (SSSR count). The summed E-state index contributed by atoms with van der Waals surface area (Å²) in [5, 5.41) is 22.3. The van der Waals surface area contributed by atoms with Crippen LogP contribution in [0.5, 0.6) is 0 Å². The molecule has 0 radical (unpaired) electrons. The van der Waals surface area contributed by atoms with Gasteiger partial charge in [0, 0.05) is 5.92 Å². The zero-order chi connectivity index (χ0) is 16.3. The summed E-state index contributed by atoms with van der Waals surface area (Å²) in [4.78, 5) is 12.1. The third-order valence-electron chi connectivity index (χ3n) is 4.20. The maximum Gasteiger partial charge on any atom is 0.223 e. The fourth-order valence-electron chi connectivity index (χ4n) is 2.74. The number of amides is 1. The quantitative estimate of drug-likeness (QED) is 0.797. The highest BCUT2D eigenvalue weighted by Gasteiger charge is 2.27. The first-order valence-electron chi connectivity index (χ1n) is 7.50. The SMILES string of the molecule is CC(NC(=O)C1CCC(O)CC1)C(O)c1ccc(F)c(F)c1. The van der Waals surface area contributed by atoms with Crippen LogP contribution >= 0.6 is 0 Å². The van der Waals surface area contributed by atoms with Gasteiger partial charge in [-0.15, -0.1) is 0 Å². The Hall–Kier alpha value is -1.53. The van der Waals surface area contributed by atoms with Crippen LogP contribution in [-0.2, 0) is 4.79 Å². The van der Waals surface area contributed by atoms with Crippen molar-refractivity contribution in [2.75, 3.05) is 0 Å². The lowest BCUT2D eigenvalue weighted by Crippen LogP contribution is -2.42. The van der Waals surface area contributed by atoms with Crippen LogP contribution in [0.2, 0.25) is 0 Å². The van der Waals surface area contributed by atoms with Crippen LogP contribution in [-0.4, -0.2) is 28.3 Å². The predicted molar refractivity (Wildman–Crippen MR) is 76.9 cm³/mol. The molecule has 1 aromatic rings. The van der Waals surface area contributed by atoms with Crippen LogP contribution in [0, 0.1) is 17.6 Å². The molecule has 0 heterocycles. The van der Waals surface area contributed by atoms with Crippen molar-refractivity contribution < 1.29 is 23.8 Å². The Morgan fingerprint density at radius 1 is 1.23 bits per heavy atom. The zero-order valence-electron chi connectivity index (χ0n) is 12.4. The van der Waals surface area contributed by atoms with E-state index in [1.54, 1.807) is 6.92 Å². The van der Waals surface area contributed by atoms with E-state index in [0.29, 0.717) is 25.7 Å². The number of carbonyl (C=O) groups is 1. The Morgan fingerprint density at radius 3 is 2.45 bits per heavy atom. The fraction of sp³-hybridized carbons (Fsp3) is 0.562. The third kappa shape index (κ3) is 4.01. The number of benzene rings is 1. The van der Waals surface area contributed by atoms with Gasteiger partial charge in [0.1, 0.15) is 0 Å². The zero-order valence-corrected chi connectivity index (χ0v) is 12.4. The van der Waals surface area contributed by atoms with Crippen LogP contribution in [0.3, 0.4) is 0 Å². The maximum atomic E-state index is 13.2. The minimum absolute atomic E-state index is 0.178.